The lowest BCUT2D eigenvalue weighted by molar-refractivity contribution is 0.1000. The van der Waals surface area contributed by atoms with E-state index in [0.29, 0.717) is 29.5 Å². The molecule has 0 bridgehead atoms. The van der Waals surface area contributed by atoms with Gasteiger partial charge < -0.3 is 26.0 Å². The number of nitrogens with two attached hydrogens (primary N) is 1. The van der Waals surface area contributed by atoms with Crippen molar-refractivity contribution in [2.24, 2.45) is 11.7 Å². The molecular weight excluding hydrogens is 411 g/mol. The zero-order valence-electron chi connectivity index (χ0n) is 18.4. The molecule has 7 nitrogen and oxygen atoms in total. The van der Waals surface area contributed by atoms with Gasteiger partial charge in [0.1, 0.15) is 11.6 Å². The first-order valence-corrected chi connectivity index (χ1v) is 10.9. The van der Waals surface area contributed by atoms with Crippen LogP contribution in [0.1, 0.15) is 35.2 Å². The summed E-state index contributed by atoms with van der Waals surface area (Å²) in [6.45, 7) is 3.51. The third-order valence-electron chi connectivity index (χ3n) is 5.71. The Morgan fingerprint density at radius 1 is 1.22 bits per heavy atom. The van der Waals surface area contributed by atoms with Crippen LogP contribution in [-0.4, -0.2) is 50.1 Å². The number of nitrogens with zero attached hydrogens (tertiary/aromatic N) is 1. The van der Waals surface area contributed by atoms with Crippen molar-refractivity contribution in [2.75, 3.05) is 38.6 Å². The average molecular weight is 443 g/mol. The van der Waals surface area contributed by atoms with Crippen LogP contribution in [-0.2, 0) is 6.42 Å². The molecule has 1 atom stereocenters. The van der Waals surface area contributed by atoms with E-state index in [1.54, 1.807) is 12.1 Å². The number of hydrogen-bond acceptors (Lipinski definition) is 4. The molecule has 0 spiro atoms. The molecule has 0 aromatic heterocycles. The van der Waals surface area contributed by atoms with Gasteiger partial charge in [-0.05, 0) is 80.6 Å². The van der Waals surface area contributed by atoms with E-state index < -0.39 is 5.91 Å². The van der Waals surface area contributed by atoms with Gasteiger partial charge in [-0.3, -0.25) is 4.79 Å². The predicted molar refractivity (Wildman–Crippen MR) is 122 cm³/mol. The smallest absolute Gasteiger partial charge is 0.319 e. The molecule has 0 saturated carbocycles. The number of piperidine rings is 1. The number of anilines is 1. The van der Waals surface area contributed by atoms with E-state index in [-0.39, 0.29) is 11.8 Å². The Hall–Kier alpha value is -3.13. The zero-order chi connectivity index (χ0) is 22.9. The SMILES string of the molecule is COc1ccc(C(N)=O)cc1NC(=O)NCCCN1CCC[C@@H](Cc2ccc(F)cc2)C1. The maximum absolute atomic E-state index is 13.1. The first-order valence-electron chi connectivity index (χ1n) is 10.9. The molecule has 0 radical (unpaired) electrons. The van der Waals surface area contributed by atoms with Crippen molar-refractivity contribution < 1.29 is 18.7 Å². The summed E-state index contributed by atoms with van der Waals surface area (Å²) in [5.41, 5.74) is 7.16. The van der Waals surface area contributed by atoms with Gasteiger partial charge in [0.2, 0.25) is 5.91 Å². The Bertz CT molecular complexity index is 920. The van der Waals surface area contributed by atoms with Crippen molar-refractivity contribution in [1.82, 2.24) is 10.2 Å². The lowest BCUT2D eigenvalue weighted by atomic mass is 9.91. The molecule has 0 aliphatic carbocycles. The van der Waals surface area contributed by atoms with E-state index >= 15 is 0 Å². The Labute approximate surface area is 188 Å². The second-order valence-electron chi connectivity index (χ2n) is 8.15. The molecule has 8 heteroatoms. The third-order valence-corrected chi connectivity index (χ3v) is 5.71. The highest BCUT2D eigenvalue weighted by molar-refractivity contribution is 5.97. The fraction of sp³-hybridized carbons (Fsp3) is 0.417. The zero-order valence-corrected chi connectivity index (χ0v) is 18.4. The number of amides is 3. The number of rotatable bonds is 9. The van der Waals surface area contributed by atoms with E-state index in [9.17, 15) is 14.0 Å². The molecule has 3 amide bonds. The van der Waals surface area contributed by atoms with Gasteiger partial charge in [0.05, 0.1) is 12.8 Å². The molecule has 2 aromatic rings. The molecule has 0 unspecified atom stereocenters. The van der Waals surface area contributed by atoms with Crippen molar-refractivity contribution in [2.45, 2.75) is 25.7 Å². The van der Waals surface area contributed by atoms with Crippen LogP contribution in [0.15, 0.2) is 42.5 Å². The van der Waals surface area contributed by atoms with Crippen molar-refractivity contribution in [1.29, 1.82) is 0 Å². The maximum atomic E-state index is 13.1. The topological polar surface area (TPSA) is 96.7 Å². The number of methoxy groups -OCH3 is 1. The summed E-state index contributed by atoms with van der Waals surface area (Å²) in [7, 11) is 1.49. The number of nitrogens with one attached hydrogen (secondary N) is 2. The monoisotopic (exact) mass is 442 g/mol. The molecule has 1 heterocycles. The number of primary amides is 1. The largest absolute Gasteiger partial charge is 0.495 e. The van der Waals surface area contributed by atoms with Gasteiger partial charge in [-0.1, -0.05) is 12.1 Å². The number of urea groups is 1. The van der Waals surface area contributed by atoms with E-state index in [0.717, 1.165) is 38.9 Å². The van der Waals surface area contributed by atoms with E-state index in [1.807, 2.05) is 12.1 Å². The van der Waals surface area contributed by atoms with Crippen molar-refractivity contribution in [3.05, 3.63) is 59.4 Å². The van der Waals surface area contributed by atoms with Gasteiger partial charge in [0.15, 0.2) is 0 Å². The van der Waals surface area contributed by atoms with E-state index in [2.05, 4.69) is 15.5 Å². The normalized spacial score (nSPS) is 16.4. The second-order valence-corrected chi connectivity index (χ2v) is 8.15. The third kappa shape index (κ3) is 6.95. The molecule has 1 aliphatic heterocycles. The van der Waals surface area contributed by atoms with Crippen LogP contribution in [0.2, 0.25) is 0 Å². The first kappa shape index (κ1) is 23.5. The molecule has 4 N–H and O–H groups in total. The maximum Gasteiger partial charge on any atom is 0.319 e. The van der Waals surface area contributed by atoms with Crippen LogP contribution < -0.4 is 21.1 Å². The molecule has 3 rings (SSSR count). The van der Waals surface area contributed by atoms with Crippen LogP contribution >= 0.6 is 0 Å². The summed E-state index contributed by atoms with van der Waals surface area (Å²) < 4.78 is 18.3. The minimum absolute atomic E-state index is 0.199. The number of hydrogen-bond donors (Lipinski definition) is 3. The van der Waals surface area contributed by atoms with Crippen molar-refractivity contribution in [3.8, 4) is 5.75 Å². The highest BCUT2D eigenvalue weighted by atomic mass is 19.1. The minimum Gasteiger partial charge on any atom is -0.495 e. The molecule has 172 valence electrons. The number of halogens is 1. The molecule has 1 saturated heterocycles. The summed E-state index contributed by atoms with van der Waals surface area (Å²) in [6, 6.07) is 11.0. The highest BCUT2D eigenvalue weighted by Gasteiger charge is 2.20. The van der Waals surface area contributed by atoms with Crippen LogP contribution in [0.4, 0.5) is 14.9 Å². The molecule has 1 fully saturated rings. The van der Waals surface area contributed by atoms with Crippen molar-refractivity contribution >= 4 is 17.6 Å². The van der Waals surface area contributed by atoms with Crippen LogP contribution in [0.5, 0.6) is 5.75 Å². The lowest BCUT2D eigenvalue weighted by Crippen LogP contribution is -2.38. The van der Waals surface area contributed by atoms with Crippen LogP contribution in [0.3, 0.4) is 0 Å². The summed E-state index contributed by atoms with van der Waals surface area (Å²) >= 11 is 0. The molecule has 32 heavy (non-hydrogen) atoms. The van der Waals surface area contributed by atoms with Gasteiger partial charge in [0, 0.05) is 18.7 Å². The molecule has 1 aliphatic rings. The predicted octanol–water partition coefficient (Wildman–Crippen LogP) is 3.40. The lowest BCUT2D eigenvalue weighted by Gasteiger charge is -2.32. The van der Waals surface area contributed by atoms with Gasteiger partial charge >= 0.3 is 6.03 Å². The highest BCUT2D eigenvalue weighted by Crippen LogP contribution is 2.25. The molecule has 2 aromatic carbocycles. The summed E-state index contributed by atoms with van der Waals surface area (Å²) in [5.74, 6) is 0.242. The number of likely N-dealkylation sites (tertiary alicyclic amines) is 1. The van der Waals surface area contributed by atoms with E-state index in [1.165, 1.54) is 37.3 Å². The number of benzene rings is 2. The summed E-state index contributed by atoms with van der Waals surface area (Å²) in [5, 5.41) is 5.55. The van der Waals surface area contributed by atoms with E-state index in [4.69, 9.17) is 10.5 Å². The summed E-state index contributed by atoms with van der Waals surface area (Å²) in [6.07, 6.45) is 4.12. The number of carbonyl (C=O) groups excluding carboxylic acids is 2. The first-order chi connectivity index (χ1) is 15.4. The fourth-order valence-electron chi connectivity index (χ4n) is 4.10. The standard InChI is InChI=1S/C24H31FN4O3/c1-32-22-10-7-19(23(26)30)15-21(22)28-24(31)27-11-3-13-29-12-2-4-18(16-29)14-17-5-8-20(25)9-6-17/h5-10,15,18H,2-4,11-14,16H2,1H3,(H2,26,30)(H2,27,28,31)/t18-/m0/s1. The van der Waals surface area contributed by atoms with Crippen molar-refractivity contribution in [3.63, 3.8) is 0 Å². The van der Waals surface area contributed by atoms with Gasteiger partial charge in [-0.15, -0.1) is 0 Å². The van der Waals surface area contributed by atoms with Crippen LogP contribution in [0.25, 0.3) is 0 Å². The Balaban J connectivity index is 1.40. The van der Waals surface area contributed by atoms with Gasteiger partial charge in [-0.25, -0.2) is 9.18 Å². The summed E-state index contributed by atoms with van der Waals surface area (Å²) in [4.78, 5) is 26.1. The Kier molecular flexibility index (Phi) is 8.44. The Morgan fingerprint density at radius 2 is 2.00 bits per heavy atom. The average Bonchev–Trinajstić information content (AvgIpc) is 2.78. The fourth-order valence-corrected chi connectivity index (χ4v) is 4.10. The Morgan fingerprint density at radius 3 is 2.72 bits per heavy atom. The van der Waals surface area contributed by atoms with Crippen LogP contribution in [0, 0.1) is 11.7 Å². The quantitative estimate of drug-likeness (QED) is 0.519. The van der Waals surface area contributed by atoms with Gasteiger partial charge in [0.25, 0.3) is 0 Å². The number of ether oxygens (including phenoxy) is 1. The minimum atomic E-state index is -0.574. The second kappa shape index (κ2) is 11.5. The molecular formula is C24H31FN4O3. The number of carbonyl (C=O) groups is 2. The van der Waals surface area contributed by atoms with Gasteiger partial charge in [-0.2, -0.15) is 0 Å².